The molecule has 1 aliphatic heterocycles. The molecule has 2 amide bonds. The first-order chi connectivity index (χ1) is 13.5. The van der Waals surface area contributed by atoms with Crippen LogP contribution in [0.4, 0.5) is 0 Å². The Morgan fingerprint density at radius 1 is 1.32 bits per heavy atom. The number of piperidine rings is 1. The lowest BCUT2D eigenvalue weighted by Crippen LogP contribution is -2.45. The van der Waals surface area contributed by atoms with Gasteiger partial charge in [0.15, 0.2) is 0 Å². The highest BCUT2D eigenvalue weighted by Gasteiger charge is 2.29. The highest BCUT2D eigenvalue weighted by Crippen LogP contribution is 2.27. The quantitative estimate of drug-likeness (QED) is 0.803. The van der Waals surface area contributed by atoms with Crippen molar-refractivity contribution in [2.75, 3.05) is 19.6 Å². The van der Waals surface area contributed by atoms with Gasteiger partial charge in [0.1, 0.15) is 16.5 Å². The van der Waals surface area contributed by atoms with E-state index < -0.39 is 0 Å². The van der Waals surface area contributed by atoms with Gasteiger partial charge in [-0.05, 0) is 57.9 Å². The smallest absolute Gasteiger partial charge is 0.273 e. The van der Waals surface area contributed by atoms with Crippen LogP contribution in [0.2, 0.25) is 0 Å². The van der Waals surface area contributed by atoms with Crippen LogP contribution in [0, 0.1) is 5.92 Å². The molecule has 0 saturated carbocycles. The molecule has 6 nitrogen and oxygen atoms in total. The van der Waals surface area contributed by atoms with Crippen LogP contribution in [0.5, 0.6) is 5.75 Å². The van der Waals surface area contributed by atoms with Gasteiger partial charge in [-0.2, -0.15) is 0 Å². The summed E-state index contributed by atoms with van der Waals surface area (Å²) in [6.45, 7) is 7.62. The third kappa shape index (κ3) is 4.90. The van der Waals surface area contributed by atoms with Gasteiger partial charge >= 0.3 is 0 Å². The molecule has 1 aliphatic rings. The second-order valence-electron chi connectivity index (χ2n) is 7.21. The molecule has 1 aromatic heterocycles. The zero-order valence-corrected chi connectivity index (χ0v) is 17.4. The third-order valence-electron chi connectivity index (χ3n) is 4.63. The lowest BCUT2D eigenvalue weighted by molar-refractivity contribution is -0.126. The Labute approximate surface area is 169 Å². The van der Waals surface area contributed by atoms with Crippen molar-refractivity contribution in [3.63, 3.8) is 0 Å². The number of amides is 2. The van der Waals surface area contributed by atoms with E-state index in [1.807, 2.05) is 45.0 Å². The highest BCUT2D eigenvalue weighted by molar-refractivity contribution is 7.13. The fourth-order valence-electron chi connectivity index (χ4n) is 3.31. The Bertz CT molecular complexity index is 817. The Morgan fingerprint density at radius 2 is 2.07 bits per heavy atom. The maximum Gasteiger partial charge on any atom is 0.273 e. The fraction of sp³-hybridized carbons (Fsp3) is 0.476. The van der Waals surface area contributed by atoms with Gasteiger partial charge in [0, 0.05) is 30.6 Å². The maximum atomic E-state index is 12.9. The molecule has 150 valence electrons. The van der Waals surface area contributed by atoms with Gasteiger partial charge in [0.25, 0.3) is 5.91 Å². The number of carbonyl (C=O) groups excluding carboxylic acids is 2. The van der Waals surface area contributed by atoms with Crippen LogP contribution < -0.4 is 10.1 Å². The monoisotopic (exact) mass is 401 g/mol. The number of aromatic nitrogens is 1. The summed E-state index contributed by atoms with van der Waals surface area (Å²) in [5.74, 6) is 0.611. The number of likely N-dealkylation sites (tertiary alicyclic amines) is 1. The zero-order chi connectivity index (χ0) is 20.1. The summed E-state index contributed by atoms with van der Waals surface area (Å²) >= 11 is 1.45. The molecule has 2 aromatic rings. The number of thiazole rings is 1. The molecule has 1 N–H and O–H groups in total. The molecule has 1 saturated heterocycles. The molecule has 2 heterocycles. The van der Waals surface area contributed by atoms with Crippen molar-refractivity contribution in [2.24, 2.45) is 5.92 Å². The van der Waals surface area contributed by atoms with Crippen molar-refractivity contribution in [3.05, 3.63) is 35.3 Å². The van der Waals surface area contributed by atoms with E-state index >= 15 is 0 Å². The van der Waals surface area contributed by atoms with Crippen LogP contribution >= 0.6 is 11.3 Å². The molecule has 3 rings (SSSR count). The summed E-state index contributed by atoms with van der Waals surface area (Å²) in [6.07, 6.45) is 1.78. The van der Waals surface area contributed by atoms with E-state index in [0.717, 1.165) is 29.2 Å². The molecular weight excluding hydrogens is 374 g/mol. The third-order valence-corrected chi connectivity index (χ3v) is 5.52. The number of nitrogens with zero attached hydrogens (tertiary/aromatic N) is 2. The van der Waals surface area contributed by atoms with E-state index in [1.165, 1.54) is 11.3 Å². The van der Waals surface area contributed by atoms with Crippen LogP contribution in [0.15, 0.2) is 29.6 Å². The number of hydrogen-bond acceptors (Lipinski definition) is 5. The van der Waals surface area contributed by atoms with Crippen molar-refractivity contribution in [3.8, 4) is 16.3 Å². The number of rotatable bonds is 6. The second-order valence-corrected chi connectivity index (χ2v) is 8.07. The van der Waals surface area contributed by atoms with Gasteiger partial charge in [-0.25, -0.2) is 4.98 Å². The van der Waals surface area contributed by atoms with E-state index in [4.69, 9.17) is 4.74 Å². The molecule has 1 atom stereocenters. The molecule has 28 heavy (non-hydrogen) atoms. The molecule has 1 fully saturated rings. The fourth-order valence-corrected chi connectivity index (χ4v) is 4.11. The minimum atomic E-state index is -0.135. The largest absolute Gasteiger partial charge is 0.491 e. The number of benzene rings is 1. The SMILES string of the molecule is CCNC(=O)C1CCCN(C(=O)c2csc(-c3ccc(OC(C)C)cc3)n2)C1. The van der Waals surface area contributed by atoms with Gasteiger partial charge in [0.05, 0.1) is 12.0 Å². The number of nitrogens with one attached hydrogen (secondary N) is 1. The number of hydrogen-bond donors (Lipinski definition) is 1. The Kier molecular flexibility index (Phi) is 6.67. The van der Waals surface area contributed by atoms with Crippen molar-refractivity contribution < 1.29 is 14.3 Å². The standard InChI is InChI=1S/C21H27N3O3S/c1-4-22-19(25)16-6-5-11-24(12-16)21(26)18-13-28-20(23-18)15-7-9-17(10-8-15)27-14(2)3/h7-10,13-14,16H,4-6,11-12H2,1-3H3,(H,22,25). The Hall–Kier alpha value is -2.41. The predicted molar refractivity (Wildman–Crippen MR) is 111 cm³/mol. The summed E-state index contributed by atoms with van der Waals surface area (Å²) in [4.78, 5) is 31.3. The molecule has 0 radical (unpaired) electrons. The van der Waals surface area contributed by atoms with Crippen LogP contribution in [-0.2, 0) is 4.79 Å². The summed E-state index contributed by atoms with van der Waals surface area (Å²) < 4.78 is 5.66. The van der Waals surface area contributed by atoms with Crippen LogP contribution in [-0.4, -0.2) is 47.4 Å². The van der Waals surface area contributed by atoms with E-state index in [1.54, 1.807) is 10.3 Å². The van der Waals surface area contributed by atoms with Gasteiger partial charge < -0.3 is 15.0 Å². The maximum absolute atomic E-state index is 12.9. The van der Waals surface area contributed by atoms with Gasteiger partial charge in [-0.15, -0.1) is 11.3 Å². The lowest BCUT2D eigenvalue weighted by Gasteiger charge is -2.31. The van der Waals surface area contributed by atoms with Crippen LogP contribution in [0.25, 0.3) is 10.6 Å². The van der Waals surface area contributed by atoms with Crippen molar-refractivity contribution in [1.29, 1.82) is 0 Å². The summed E-state index contributed by atoms with van der Waals surface area (Å²) in [5.41, 5.74) is 1.40. The second kappa shape index (κ2) is 9.19. The van der Waals surface area contributed by atoms with Gasteiger partial charge in [-0.1, -0.05) is 0 Å². The molecule has 7 heteroatoms. The van der Waals surface area contributed by atoms with E-state index in [9.17, 15) is 9.59 Å². The number of ether oxygens (including phenoxy) is 1. The summed E-state index contributed by atoms with van der Waals surface area (Å²) in [6, 6.07) is 7.74. The normalized spacial score (nSPS) is 16.9. The van der Waals surface area contributed by atoms with Crippen molar-refractivity contribution >= 4 is 23.2 Å². The average Bonchev–Trinajstić information content (AvgIpc) is 3.18. The first kappa shape index (κ1) is 20.3. The van der Waals surface area contributed by atoms with Gasteiger partial charge in [-0.3, -0.25) is 9.59 Å². The highest BCUT2D eigenvalue weighted by atomic mass is 32.1. The van der Waals surface area contributed by atoms with E-state index in [2.05, 4.69) is 10.3 Å². The molecular formula is C21H27N3O3S. The zero-order valence-electron chi connectivity index (χ0n) is 16.6. The Balaban J connectivity index is 1.67. The summed E-state index contributed by atoms with van der Waals surface area (Å²) in [5, 5.41) is 5.46. The molecule has 0 spiro atoms. The molecule has 0 aliphatic carbocycles. The minimum absolute atomic E-state index is 0.0303. The first-order valence-electron chi connectivity index (χ1n) is 9.77. The minimum Gasteiger partial charge on any atom is -0.491 e. The summed E-state index contributed by atoms with van der Waals surface area (Å²) in [7, 11) is 0. The first-order valence-corrected chi connectivity index (χ1v) is 10.7. The predicted octanol–water partition coefficient (Wildman–Crippen LogP) is 3.59. The molecule has 1 aromatic carbocycles. The number of carbonyl (C=O) groups is 2. The van der Waals surface area contributed by atoms with Crippen molar-refractivity contribution in [1.82, 2.24) is 15.2 Å². The van der Waals surface area contributed by atoms with Crippen LogP contribution in [0.1, 0.15) is 44.1 Å². The molecule has 0 bridgehead atoms. The average molecular weight is 402 g/mol. The Morgan fingerprint density at radius 3 is 2.75 bits per heavy atom. The van der Waals surface area contributed by atoms with E-state index in [0.29, 0.717) is 25.3 Å². The van der Waals surface area contributed by atoms with Crippen molar-refractivity contribution in [2.45, 2.75) is 39.7 Å². The van der Waals surface area contributed by atoms with E-state index in [-0.39, 0.29) is 23.8 Å². The topological polar surface area (TPSA) is 71.5 Å². The van der Waals surface area contributed by atoms with Crippen LogP contribution in [0.3, 0.4) is 0 Å². The lowest BCUT2D eigenvalue weighted by atomic mass is 9.97. The molecule has 1 unspecified atom stereocenters. The van der Waals surface area contributed by atoms with Gasteiger partial charge in [0.2, 0.25) is 5.91 Å².